The van der Waals surface area contributed by atoms with E-state index in [9.17, 15) is 9.59 Å². The van der Waals surface area contributed by atoms with Gasteiger partial charge in [-0.2, -0.15) is 0 Å². The molecule has 1 aromatic carbocycles. The van der Waals surface area contributed by atoms with E-state index in [-0.39, 0.29) is 11.8 Å². The number of benzene rings is 1. The van der Waals surface area contributed by atoms with Crippen molar-refractivity contribution in [2.24, 2.45) is 5.92 Å². The molecular weight excluding hydrogens is 294 g/mol. The van der Waals surface area contributed by atoms with Crippen LogP contribution in [0.15, 0.2) is 24.3 Å². The van der Waals surface area contributed by atoms with Gasteiger partial charge in [0.05, 0.1) is 12.7 Å². The van der Waals surface area contributed by atoms with Crippen LogP contribution in [0.2, 0.25) is 0 Å². The summed E-state index contributed by atoms with van der Waals surface area (Å²) in [6.45, 7) is 9.30. The Bertz CT molecular complexity index is 548. The molecule has 0 aliphatic rings. The van der Waals surface area contributed by atoms with Gasteiger partial charge in [0.15, 0.2) is 0 Å². The Morgan fingerprint density at radius 3 is 2.35 bits per heavy atom. The van der Waals surface area contributed by atoms with Crippen molar-refractivity contribution in [2.75, 3.05) is 7.11 Å². The Morgan fingerprint density at radius 2 is 1.83 bits per heavy atom. The molecule has 128 valence electrons. The van der Waals surface area contributed by atoms with Crippen molar-refractivity contribution in [3.05, 3.63) is 29.8 Å². The number of para-hydroxylation sites is 1. The van der Waals surface area contributed by atoms with E-state index in [2.05, 4.69) is 5.32 Å². The topological polar surface area (TPSA) is 64.6 Å². The zero-order valence-electron chi connectivity index (χ0n) is 14.8. The summed E-state index contributed by atoms with van der Waals surface area (Å²) in [6.07, 6.45) is 0.746. The first kappa shape index (κ1) is 19.0. The summed E-state index contributed by atoms with van der Waals surface area (Å²) in [6, 6.07) is 6.22. The van der Waals surface area contributed by atoms with Gasteiger partial charge in [-0.1, -0.05) is 32.4 Å². The molecule has 0 fully saturated rings. The average molecular weight is 321 g/mol. The van der Waals surface area contributed by atoms with Gasteiger partial charge < -0.3 is 14.8 Å². The van der Waals surface area contributed by atoms with E-state index in [4.69, 9.17) is 9.47 Å². The second-order valence-electron chi connectivity index (χ2n) is 6.57. The van der Waals surface area contributed by atoms with Crippen molar-refractivity contribution in [1.29, 1.82) is 0 Å². The number of ether oxygens (including phenoxy) is 2. The van der Waals surface area contributed by atoms with E-state index in [1.807, 2.05) is 13.8 Å². The molecule has 5 heteroatoms. The predicted molar refractivity (Wildman–Crippen MR) is 89.5 cm³/mol. The minimum Gasteiger partial charge on any atom is -0.496 e. The molecule has 1 rings (SSSR count). The number of nitrogens with one attached hydrogen (secondary N) is 1. The molecule has 5 nitrogen and oxygen atoms in total. The van der Waals surface area contributed by atoms with Crippen LogP contribution in [0.3, 0.4) is 0 Å². The number of amides is 1. The molecule has 0 saturated heterocycles. The largest absolute Gasteiger partial charge is 0.496 e. The van der Waals surface area contributed by atoms with Gasteiger partial charge in [-0.25, -0.2) is 4.79 Å². The molecule has 2 atom stereocenters. The summed E-state index contributed by atoms with van der Waals surface area (Å²) in [5.74, 6) is -0.339. The molecular formula is C18H27NO4. The van der Waals surface area contributed by atoms with Gasteiger partial charge in [0, 0.05) is 0 Å². The Hall–Kier alpha value is -2.04. The van der Waals surface area contributed by atoms with Crippen molar-refractivity contribution in [1.82, 2.24) is 5.32 Å². The van der Waals surface area contributed by atoms with Crippen LogP contribution in [-0.4, -0.2) is 30.6 Å². The summed E-state index contributed by atoms with van der Waals surface area (Å²) in [4.78, 5) is 24.9. The van der Waals surface area contributed by atoms with Crippen molar-refractivity contribution in [3.8, 4) is 5.75 Å². The molecule has 1 amide bonds. The average Bonchev–Trinajstić information content (AvgIpc) is 2.49. The van der Waals surface area contributed by atoms with Gasteiger partial charge in [-0.05, 0) is 38.8 Å². The second kappa shape index (κ2) is 7.99. The van der Waals surface area contributed by atoms with Gasteiger partial charge in [-0.15, -0.1) is 0 Å². The third-order valence-electron chi connectivity index (χ3n) is 3.51. The number of esters is 1. The molecule has 0 bridgehead atoms. The summed E-state index contributed by atoms with van der Waals surface area (Å²) in [7, 11) is 1.51. The van der Waals surface area contributed by atoms with E-state index in [1.54, 1.807) is 45.0 Å². The summed E-state index contributed by atoms with van der Waals surface area (Å²) < 4.78 is 10.6. The van der Waals surface area contributed by atoms with Crippen LogP contribution in [0.5, 0.6) is 5.75 Å². The van der Waals surface area contributed by atoms with E-state index in [1.165, 1.54) is 7.11 Å². The number of rotatable bonds is 6. The van der Waals surface area contributed by atoms with Crippen LogP contribution in [0.25, 0.3) is 0 Å². The first-order valence-electron chi connectivity index (χ1n) is 7.86. The maximum Gasteiger partial charge on any atom is 0.329 e. The number of hydrogen-bond acceptors (Lipinski definition) is 4. The minimum absolute atomic E-state index is 0.0384. The quantitative estimate of drug-likeness (QED) is 0.817. The maximum absolute atomic E-state index is 12.5. The number of methoxy groups -OCH3 is 1. The minimum atomic E-state index is -0.698. The van der Waals surface area contributed by atoms with Crippen molar-refractivity contribution in [2.45, 2.75) is 52.7 Å². The van der Waals surface area contributed by atoms with Gasteiger partial charge in [0.1, 0.15) is 17.4 Å². The number of carbonyl (C=O) groups is 2. The number of hydrogen-bond donors (Lipinski definition) is 1. The third-order valence-corrected chi connectivity index (χ3v) is 3.51. The first-order chi connectivity index (χ1) is 10.7. The van der Waals surface area contributed by atoms with Crippen LogP contribution in [0.1, 0.15) is 51.4 Å². The Kier molecular flexibility index (Phi) is 6.61. The van der Waals surface area contributed by atoms with Gasteiger partial charge in [0.25, 0.3) is 5.91 Å². The third kappa shape index (κ3) is 5.58. The molecule has 23 heavy (non-hydrogen) atoms. The zero-order chi connectivity index (χ0) is 17.6. The summed E-state index contributed by atoms with van der Waals surface area (Å²) in [5.41, 5.74) is -0.204. The van der Waals surface area contributed by atoms with Crippen LogP contribution >= 0.6 is 0 Å². The van der Waals surface area contributed by atoms with Crippen molar-refractivity contribution >= 4 is 11.9 Å². The van der Waals surface area contributed by atoms with Gasteiger partial charge in [-0.3, -0.25) is 4.79 Å². The standard InChI is InChI=1S/C18H27NO4/c1-7-12(2)15(17(21)23-18(3,4)5)19-16(20)13-10-8-9-11-14(13)22-6/h8-12,15H,7H2,1-6H3,(H,19,20). The fraction of sp³-hybridized carbons (Fsp3) is 0.556. The lowest BCUT2D eigenvalue weighted by atomic mass is 9.98. The predicted octanol–water partition coefficient (Wildman–Crippen LogP) is 3.18. The molecule has 0 radical (unpaired) electrons. The van der Waals surface area contributed by atoms with E-state index < -0.39 is 17.6 Å². The zero-order valence-corrected chi connectivity index (χ0v) is 14.8. The second-order valence-corrected chi connectivity index (χ2v) is 6.57. The molecule has 0 saturated carbocycles. The highest BCUT2D eigenvalue weighted by Gasteiger charge is 2.31. The lowest BCUT2D eigenvalue weighted by Crippen LogP contribution is -2.47. The first-order valence-corrected chi connectivity index (χ1v) is 7.86. The van der Waals surface area contributed by atoms with Gasteiger partial charge >= 0.3 is 5.97 Å². The van der Waals surface area contributed by atoms with E-state index >= 15 is 0 Å². The van der Waals surface area contributed by atoms with E-state index in [0.29, 0.717) is 11.3 Å². The van der Waals surface area contributed by atoms with Crippen LogP contribution < -0.4 is 10.1 Å². The molecule has 0 heterocycles. The molecule has 1 N–H and O–H groups in total. The molecule has 1 aromatic rings. The van der Waals surface area contributed by atoms with Gasteiger partial charge in [0.2, 0.25) is 0 Å². The van der Waals surface area contributed by atoms with E-state index in [0.717, 1.165) is 6.42 Å². The lowest BCUT2D eigenvalue weighted by molar-refractivity contribution is -0.158. The molecule has 0 aromatic heterocycles. The smallest absolute Gasteiger partial charge is 0.329 e. The lowest BCUT2D eigenvalue weighted by Gasteiger charge is -2.27. The molecule has 0 spiro atoms. The highest BCUT2D eigenvalue weighted by atomic mass is 16.6. The van der Waals surface area contributed by atoms with Crippen molar-refractivity contribution < 1.29 is 19.1 Å². The fourth-order valence-electron chi connectivity index (χ4n) is 2.09. The number of carbonyl (C=O) groups excluding carboxylic acids is 2. The van der Waals surface area contributed by atoms with Crippen LogP contribution in [0, 0.1) is 5.92 Å². The Labute approximate surface area is 138 Å². The molecule has 0 aliphatic carbocycles. The summed E-state index contributed by atoms with van der Waals surface area (Å²) in [5, 5.41) is 2.79. The maximum atomic E-state index is 12.5. The normalized spacial score (nSPS) is 13.8. The highest BCUT2D eigenvalue weighted by molar-refractivity contribution is 5.99. The Balaban J connectivity index is 2.97. The molecule has 0 aliphatic heterocycles. The Morgan fingerprint density at radius 1 is 1.22 bits per heavy atom. The van der Waals surface area contributed by atoms with Crippen LogP contribution in [0.4, 0.5) is 0 Å². The van der Waals surface area contributed by atoms with Crippen LogP contribution in [-0.2, 0) is 9.53 Å². The monoisotopic (exact) mass is 321 g/mol. The summed E-state index contributed by atoms with van der Waals surface area (Å²) >= 11 is 0. The molecule has 2 unspecified atom stereocenters. The van der Waals surface area contributed by atoms with Crippen molar-refractivity contribution in [3.63, 3.8) is 0 Å². The SMILES string of the molecule is CCC(C)C(NC(=O)c1ccccc1OC)C(=O)OC(C)(C)C. The highest BCUT2D eigenvalue weighted by Crippen LogP contribution is 2.19. The fourth-order valence-corrected chi connectivity index (χ4v) is 2.09.